The smallest absolute Gasteiger partial charge is 0.231 e. The molecule has 0 aromatic heterocycles. The number of nitrogens with zero attached hydrogens (tertiary/aromatic N) is 1. The van der Waals surface area contributed by atoms with Crippen molar-refractivity contribution in [2.75, 3.05) is 27.0 Å². The molecule has 5 rings (SSSR count). The number of aromatic hydroxyl groups is 1. The number of para-hydroxylation sites is 1. The van der Waals surface area contributed by atoms with Gasteiger partial charge in [-0.15, -0.1) is 0 Å². The van der Waals surface area contributed by atoms with Crippen LogP contribution >= 0.6 is 0 Å². The van der Waals surface area contributed by atoms with Gasteiger partial charge in [-0.2, -0.15) is 0 Å². The Labute approximate surface area is 164 Å². The number of phenolic OH excluding ortho intramolecular Hbond substituents is 1. The summed E-state index contributed by atoms with van der Waals surface area (Å²) in [7, 11) is 1.57. The quantitative estimate of drug-likeness (QED) is 0.869. The Morgan fingerprint density at radius 1 is 1.07 bits per heavy atom. The minimum Gasteiger partial charge on any atom is -0.504 e. The topological polar surface area (TPSA) is 60.4 Å². The molecule has 1 fully saturated rings. The SMILES string of the molecule is COc1cccc(C2CC(C)(N3CCCC3)Oc3cc4c(cc32)OCO4)c1O. The molecule has 1 N–H and O–H groups in total. The monoisotopic (exact) mass is 383 g/mol. The maximum atomic E-state index is 10.9. The van der Waals surface area contributed by atoms with Crippen molar-refractivity contribution >= 4 is 0 Å². The third-order valence-corrected chi connectivity index (χ3v) is 6.19. The van der Waals surface area contributed by atoms with Crippen molar-refractivity contribution in [3.05, 3.63) is 41.5 Å². The molecule has 3 heterocycles. The molecule has 28 heavy (non-hydrogen) atoms. The molecule has 2 unspecified atom stereocenters. The highest BCUT2D eigenvalue weighted by Crippen LogP contribution is 2.52. The highest BCUT2D eigenvalue weighted by atomic mass is 16.7. The van der Waals surface area contributed by atoms with E-state index in [-0.39, 0.29) is 18.5 Å². The van der Waals surface area contributed by atoms with Crippen LogP contribution in [0.5, 0.6) is 28.7 Å². The first-order chi connectivity index (χ1) is 13.6. The molecular weight excluding hydrogens is 358 g/mol. The van der Waals surface area contributed by atoms with Gasteiger partial charge in [-0.25, -0.2) is 0 Å². The Hall–Kier alpha value is -2.60. The van der Waals surface area contributed by atoms with E-state index in [1.165, 1.54) is 12.8 Å². The number of methoxy groups -OCH3 is 1. The van der Waals surface area contributed by atoms with Crippen LogP contribution in [0.15, 0.2) is 30.3 Å². The molecule has 0 radical (unpaired) electrons. The van der Waals surface area contributed by atoms with E-state index in [2.05, 4.69) is 11.8 Å². The van der Waals surface area contributed by atoms with Crippen LogP contribution in [0, 0.1) is 0 Å². The summed E-state index contributed by atoms with van der Waals surface area (Å²) in [6.45, 7) is 4.41. The molecule has 0 bridgehead atoms. The van der Waals surface area contributed by atoms with Gasteiger partial charge >= 0.3 is 0 Å². The number of fused-ring (bicyclic) bond motifs is 2. The van der Waals surface area contributed by atoms with Gasteiger partial charge < -0.3 is 24.1 Å². The Balaban J connectivity index is 1.65. The average Bonchev–Trinajstić information content (AvgIpc) is 3.38. The molecule has 3 aliphatic heterocycles. The van der Waals surface area contributed by atoms with Gasteiger partial charge in [0.1, 0.15) is 5.75 Å². The van der Waals surface area contributed by atoms with Crippen molar-refractivity contribution in [3.63, 3.8) is 0 Å². The summed E-state index contributed by atoms with van der Waals surface area (Å²) in [6, 6.07) is 9.58. The number of hydrogen-bond donors (Lipinski definition) is 1. The second-order valence-electron chi connectivity index (χ2n) is 7.87. The number of phenols is 1. The maximum absolute atomic E-state index is 10.9. The third kappa shape index (κ3) is 2.66. The normalized spacial score (nSPS) is 26.0. The number of hydrogen-bond acceptors (Lipinski definition) is 6. The third-order valence-electron chi connectivity index (χ3n) is 6.19. The lowest BCUT2D eigenvalue weighted by Gasteiger charge is -2.45. The minimum atomic E-state index is -0.447. The van der Waals surface area contributed by atoms with E-state index >= 15 is 0 Å². The lowest BCUT2D eigenvalue weighted by atomic mass is 9.81. The largest absolute Gasteiger partial charge is 0.504 e. The van der Waals surface area contributed by atoms with E-state index < -0.39 is 5.72 Å². The number of likely N-dealkylation sites (tertiary alicyclic amines) is 1. The standard InChI is InChI=1S/C22H25NO5/c1-22(23-8-3-4-9-23)12-16(14-6-5-7-17(25-2)21(14)24)15-10-19-20(27-13-26-19)11-18(15)28-22/h5-7,10-11,16,24H,3-4,8-9,12-13H2,1-2H3. The molecule has 0 amide bonds. The van der Waals surface area contributed by atoms with Crippen molar-refractivity contribution in [3.8, 4) is 28.7 Å². The zero-order valence-corrected chi connectivity index (χ0v) is 16.2. The fourth-order valence-corrected chi connectivity index (χ4v) is 4.71. The van der Waals surface area contributed by atoms with Gasteiger partial charge in [0, 0.05) is 42.6 Å². The van der Waals surface area contributed by atoms with Crippen LogP contribution in [-0.4, -0.2) is 42.7 Å². The van der Waals surface area contributed by atoms with Crippen LogP contribution in [0.4, 0.5) is 0 Å². The molecule has 0 spiro atoms. The molecule has 3 aliphatic rings. The van der Waals surface area contributed by atoms with Crippen LogP contribution < -0.4 is 18.9 Å². The molecule has 6 heteroatoms. The molecule has 6 nitrogen and oxygen atoms in total. The molecule has 148 valence electrons. The van der Waals surface area contributed by atoms with Gasteiger partial charge in [0.25, 0.3) is 0 Å². The van der Waals surface area contributed by atoms with Gasteiger partial charge in [-0.3, -0.25) is 4.90 Å². The van der Waals surface area contributed by atoms with Gasteiger partial charge in [0.05, 0.1) is 7.11 Å². The van der Waals surface area contributed by atoms with Gasteiger partial charge in [0.15, 0.2) is 28.7 Å². The van der Waals surface area contributed by atoms with E-state index in [1.807, 2.05) is 24.3 Å². The maximum Gasteiger partial charge on any atom is 0.231 e. The first kappa shape index (κ1) is 17.5. The highest BCUT2D eigenvalue weighted by Gasteiger charge is 2.44. The zero-order valence-electron chi connectivity index (χ0n) is 16.2. The van der Waals surface area contributed by atoms with Crippen LogP contribution in [0.1, 0.15) is 43.2 Å². The van der Waals surface area contributed by atoms with Crippen LogP contribution in [0.3, 0.4) is 0 Å². The number of benzene rings is 2. The molecule has 1 saturated heterocycles. The molecular formula is C22H25NO5. The number of rotatable bonds is 3. The van der Waals surface area contributed by atoms with Crippen molar-refractivity contribution in [1.82, 2.24) is 4.90 Å². The summed E-state index contributed by atoms with van der Waals surface area (Å²) >= 11 is 0. The number of ether oxygens (including phenoxy) is 4. The second-order valence-corrected chi connectivity index (χ2v) is 7.87. The van der Waals surface area contributed by atoms with Crippen LogP contribution in [0.25, 0.3) is 0 Å². The van der Waals surface area contributed by atoms with E-state index in [0.717, 1.165) is 42.1 Å². The lowest BCUT2D eigenvalue weighted by molar-refractivity contribution is -0.0769. The highest BCUT2D eigenvalue weighted by molar-refractivity contribution is 5.58. The summed E-state index contributed by atoms with van der Waals surface area (Å²) in [6.07, 6.45) is 3.10. The van der Waals surface area contributed by atoms with Crippen molar-refractivity contribution in [2.24, 2.45) is 0 Å². The van der Waals surface area contributed by atoms with Crippen LogP contribution in [-0.2, 0) is 0 Å². The second kappa shape index (κ2) is 6.48. The predicted molar refractivity (Wildman–Crippen MR) is 104 cm³/mol. The van der Waals surface area contributed by atoms with E-state index in [4.69, 9.17) is 18.9 Å². The van der Waals surface area contributed by atoms with E-state index in [0.29, 0.717) is 11.5 Å². The van der Waals surface area contributed by atoms with Crippen molar-refractivity contribution in [1.29, 1.82) is 0 Å². The van der Waals surface area contributed by atoms with Gasteiger partial charge in [-0.05, 0) is 31.9 Å². The predicted octanol–water partition coefficient (Wildman–Crippen LogP) is 3.86. The van der Waals surface area contributed by atoms with Crippen molar-refractivity contribution < 1.29 is 24.1 Å². The lowest BCUT2D eigenvalue weighted by Crippen LogP contribution is -2.52. The molecule has 0 saturated carbocycles. The fourth-order valence-electron chi connectivity index (χ4n) is 4.71. The zero-order chi connectivity index (χ0) is 19.3. The van der Waals surface area contributed by atoms with Gasteiger partial charge in [0.2, 0.25) is 6.79 Å². The van der Waals surface area contributed by atoms with Gasteiger partial charge in [-0.1, -0.05) is 12.1 Å². The average molecular weight is 383 g/mol. The summed E-state index contributed by atoms with van der Waals surface area (Å²) in [5, 5.41) is 10.9. The molecule has 2 aromatic rings. The summed E-state index contributed by atoms with van der Waals surface area (Å²) in [5.41, 5.74) is 1.40. The first-order valence-corrected chi connectivity index (χ1v) is 9.82. The first-order valence-electron chi connectivity index (χ1n) is 9.82. The Bertz CT molecular complexity index is 908. The summed E-state index contributed by atoms with van der Waals surface area (Å²) in [4.78, 5) is 2.41. The van der Waals surface area contributed by atoms with Crippen LogP contribution in [0.2, 0.25) is 0 Å². The molecule has 2 atom stereocenters. The van der Waals surface area contributed by atoms with E-state index in [9.17, 15) is 5.11 Å². The van der Waals surface area contributed by atoms with Crippen molar-refractivity contribution in [2.45, 2.75) is 37.8 Å². The molecule has 2 aromatic carbocycles. The summed E-state index contributed by atoms with van der Waals surface area (Å²) in [5.74, 6) is 2.84. The van der Waals surface area contributed by atoms with E-state index in [1.54, 1.807) is 13.2 Å². The minimum absolute atomic E-state index is 0.0426. The fraction of sp³-hybridized carbons (Fsp3) is 0.455. The Morgan fingerprint density at radius 3 is 2.57 bits per heavy atom. The molecule has 0 aliphatic carbocycles. The Morgan fingerprint density at radius 2 is 1.82 bits per heavy atom. The Kier molecular flexibility index (Phi) is 4.05. The summed E-state index contributed by atoms with van der Waals surface area (Å²) < 4.78 is 23.1.